The topological polar surface area (TPSA) is 34.0 Å². The van der Waals surface area contributed by atoms with Crippen LogP contribution in [0.3, 0.4) is 0 Å². The Balaban J connectivity index is 1.57. The molecule has 5 heteroatoms. The van der Waals surface area contributed by atoms with Gasteiger partial charge in [-0.2, -0.15) is 0 Å². The number of likely N-dealkylation sites (tertiary alicyclic amines) is 1. The first kappa shape index (κ1) is 16.7. The molecule has 1 aromatic rings. The van der Waals surface area contributed by atoms with E-state index in [-0.39, 0.29) is 5.91 Å². The molecule has 1 unspecified atom stereocenters. The molecule has 0 aromatic heterocycles. The number of carbonyl (C=O) groups is 1. The van der Waals surface area contributed by atoms with Crippen molar-refractivity contribution in [2.75, 3.05) is 26.2 Å². The molecule has 126 valence electrons. The Hall–Kier alpha value is -1.10. The van der Waals surface area contributed by atoms with Crippen LogP contribution in [-0.2, 0) is 4.74 Å². The zero-order valence-corrected chi connectivity index (χ0v) is 14.7. The van der Waals surface area contributed by atoms with Crippen LogP contribution in [0.5, 0.6) is 0 Å². The Morgan fingerprint density at radius 1 is 1.22 bits per heavy atom. The fraction of sp³-hybridized carbons (Fsp3) is 0.611. The minimum absolute atomic E-state index is 0.102. The molecule has 0 radical (unpaired) electrons. The molecular formula is C18H26ClN2O2+. The van der Waals surface area contributed by atoms with E-state index in [1.54, 1.807) is 17.0 Å². The number of hydrogen-bond acceptors (Lipinski definition) is 2. The predicted molar refractivity (Wildman–Crippen MR) is 91.1 cm³/mol. The van der Waals surface area contributed by atoms with E-state index < -0.39 is 0 Å². The fourth-order valence-corrected chi connectivity index (χ4v) is 4.13. The van der Waals surface area contributed by atoms with Gasteiger partial charge in [-0.3, -0.25) is 4.79 Å². The second kappa shape index (κ2) is 7.20. The molecule has 2 fully saturated rings. The van der Waals surface area contributed by atoms with Gasteiger partial charge in [0.05, 0.1) is 6.04 Å². The highest BCUT2D eigenvalue weighted by Crippen LogP contribution is 2.16. The number of benzene rings is 1. The molecule has 2 aliphatic rings. The molecule has 1 N–H and O–H groups in total. The van der Waals surface area contributed by atoms with E-state index >= 15 is 0 Å². The molecule has 0 spiro atoms. The maximum absolute atomic E-state index is 12.6. The number of hydrogen-bond donors (Lipinski definition) is 1. The second-order valence-corrected chi connectivity index (χ2v) is 7.34. The van der Waals surface area contributed by atoms with Gasteiger partial charge in [0.1, 0.15) is 25.3 Å². The van der Waals surface area contributed by atoms with Gasteiger partial charge in [0.25, 0.3) is 5.91 Å². The standard InChI is InChI=1S/C18H25ClN2O2/c1-13-11-21(12-14(2)23-13)17-6-8-20(9-7-17)18(22)15-4-3-5-16(19)10-15/h3-5,10,13-14,17H,6-9,11-12H2,1-2H3/p+1/t13-,14+. The van der Waals surface area contributed by atoms with Crippen molar-refractivity contribution in [3.8, 4) is 0 Å². The van der Waals surface area contributed by atoms with Gasteiger partial charge in [0.15, 0.2) is 0 Å². The Labute approximate surface area is 143 Å². The fourth-order valence-electron chi connectivity index (χ4n) is 3.94. The number of ether oxygens (including phenoxy) is 1. The molecule has 2 aliphatic heterocycles. The average Bonchev–Trinajstić information content (AvgIpc) is 2.53. The third-order valence-corrected chi connectivity index (χ3v) is 5.23. The summed E-state index contributed by atoms with van der Waals surface area (Å²) in [6, 6.07) is 7.88. The quantitative estimate of drug-likeness (QED) is 0.890. The zero-order chi connectivity index (χ0) is 16.4. The summed E-state index contributed by atoms with van der Waals surface area (Å²) in [5, 5.41) is 0.617. The number of nitrogens with one attached hydrogen (secondary N) is 1. The summed E-state index contributed by atoms with van der Waals surface area (Å²) in [5.41, 5.74) is 0.692. The van der Waals surface area contributed by atoms with Gasteiger partial charge in [-0.25, -0.2) is 0 Å². The molecule has 0 aliphatic carbocycles. The average molecular weight is 338 g/mol. The number of quaternary nitrogens is 1. The lowest BCUT2D eigenvalue weighted by atomic mass is 10.0. The maximum atomic E-state index is 12.6. The van der Waals surface area contributed by atoms with Crippen molar-refractivity contribution in [2.24, 2.45) is 0 Å². The molecule has 3 rings (SSSR count). The molecule has 0 saturated carbocycles. The van der Waals surface area contributed by atoms with E-state index in [0.29, 0.717) is 28.8 Å². The number of nitrogens with zero attached hydrogens (tertiary/aromatic N) is 1. The van der Waals surface area contributed by atoms with Crippen LogP contribution < -0.4 is 4.90 Å². The van der Waals surface area contributed by atoms with Crippen LogP contribution in [0.4, 0.5) is 0 Å². The summed E-state index contributed by atoms with van der Waals surface area (Å²) in [6.07, 6.45) is 2.81. The number of amides is 1. The number of morpholine rings is 1. The van der Waals surface area contributed by atoms with Gasteiger partial charge >= 0.3 is 0 Å². The number of halogens is 1. The lowest BCUT2D eigenvalue weighted by molar-refractivity contribution is -0.940. The number of piperidine rings is 1. The minimum Gasteiger partial charge on any atom is -0.364 e. The molecule has 1 amide bonds. The minimum atomic E-state index is 0.102. The molecule has 2 heterocycles. The van der Waals surface area contributed by atoms with Gasteiger partial charge in [0, 0.05) is 36.5 Å². The second-order valence-electron chi connectivity index (χ2n) is 6.90. The maximum Gasteiger partial charge on any atom is 0.253 e. The first-order valence-corrected chi connectivity index (χ1v) is 8.95. The third-order valence-electron chi connectivity index (χ3n) is 4.99. The number of carbonyl (C=O) groups excluding carboxylic acids is 1. The van der Waals surface area contributed by atoms with E-state index in [1.807, 2.05) is 17.0 Å². The Morgan fingerprint density at radius 3 is 2.48 bits per heavy atom. The van der Waals surface area contributed by atoms with Gasteiger partial charge in [0.2, 0.25) is 0 Å². The van der Waals surface area contributed by atoms with Crippen molar-refractivity contribution in [1.29, 1.82) is 0 Å². The number of rotatable bonds is 2. The van der Waals surface area contributed by atoms with Crippen LogP contribution in [0.1, 0.15) is 37.0 Å². The van der Waals surface area contributed by atoms with Crippen LogP contribution >= 0.6 is 11.6 Å². The smallest absolute Gasteiger partial charge is 0.253 e. The van der Waals surface area contributed by atoms with E-state index in [1.165, 1.54) is 0 Å². The summed E-state index contributed by atoms with van der Waals surface area (Å²) >= 11 is 5.99. The monoisotopic (exact) mass is 337 g/mol. The SMILES string of the molecule is C[C@@H]1C[NH+](C2CCN(C(=O)c3cccc(Cl)c3)CC2)C[C@H](C)O1. The van der Waals surface area contributed by atoms with Crippen molar-refractivity contribution >= 4 is 17.5 Å². The molecule has 4 nitrogen and oxygen atoms in total. The third kappa shape index (κ3) is 4.06. The Bertz CT molecular complexity index is 548. The first-order valence-electron chi connectivity index (χ1n) is 8.58. The van der Waals surface area contributed by atoms with Crippen LogP contribution in [0.25, 0.3) is 0 Å². The summed E-state index contributed by atoms with van der Waals surface area (Å²) in [4.78, 5) is 16.2. The van der Waals surface area contributed by atoms with E-state index in [2.05, 4.69) is 13.8 Å². The van der Waals surface area contributed by atoms with Gasteiger partial charge in [-0.15, -0.1) is 0 Å². The van der Waals surface area contributed by atoms with Crippen molar-refractivity contribution < 1.29 is 14.4 Å². The van der Waals surface area contributed by atoms with Crippen molar-refractivity contribution in [1.82, 2.24) is 4.90 Å². The van der Waals surface area contributed by atoms with Crippen LogP contribution in [0, 0.1) is 0 Å². The van der Waals surface area contributed by atoms with Crippen LogP contribution in [0.15, 0.2) is 24.3 Å². The summed E-state index contributed by atoms with van der Waals surface area (Å²) in [5.74, 6) is 0.102. The van der Waals surface area contributed by atoms with Crippen LogP contribution in [-0.4, -0.2) is 55.2 Å². The lowest BCUT2D eigenvalue weighted by Crippen LogP contribution is -3.19. The highest BCUT2D eigenvalue weighted by atomic mass is 35.5. The first-order chi connectivity index (χ1) is 11.0. The van der Waals surface area contributed by atoms with Gasteiger partial charge in [-0.05, 0) is 32.0 Å². The van der Waals surface area contributed by atoms with E-state index in [9.17, 15) is 4.79 Å². The molecule has 2 saturated heterocycles. The van der Waals surface area contributed by atoms with Gasteiger partial charge in [-0.1, -0.05) is 17.7 Å². The molecule has 0 bridgehead atoms. The largest absolute Gasteiger partial charge is 0.364 e. The summed E-state index contributed by atoms with van der Waals surface area (Å²) in [7, 11) is 0. The zero-order valence-electron chi connectivity index (χ0n) is 13.9. The molecular weight excluding hydrogens is 312 g/mol. The highest BCUT2D eigenvalue weighted by molar-refractivity contribution is 6.30. The summed E-state index contributed by atoms with van der Waals surface area (Å²) < 4.78 is 5.84. The molecule has 1 aromatic carbocycles. The van der Waals surface area contributed by atoms with Crippen molar-refractivity contribution in [2.45, 2.75) is 44.9 Å². The Kier molecular flexibility index (Phi) is 5.24. The summed E-state index contributed by atoms with van der Waals surface area (Å²) in [6.45, 7) is 8.15. The van der Waals surface area contributed by atoms with Crippen LogP contribution in [0.2, 0.25) is 5.02 Å². The predicted octanol–water partition coefficient (Wildman–Crippen LogP) is 1.64. The molecule has 3 atom stereocenters. The van der Waals surface area contributed by atoms with Crippen molar-refractivity contribution in [3.05, 3.63) is 34.9 Å². The molecule has 23 heavy (non-hydrogen) atoms. The van der Waals surface area contributed by atoms with E-state index in [0.717, 1.165) is 39.0 Å². The van der Waals surface area contributed by atoms with E-state index in [4.69, 9.17) is 16.3 Å². The normalized spacial score (nSPS) is 29.5. The lowest BCUT2D eigenvalue weighted by Gasteiger charge is -2.41. The highest BCUT2D eigenvalue weighted by Gasteiger charge is 2.34. The van der Waals surface area contributed by atoms with Crippen molar-refractivity contribution in [3.63, 3.8) is 0 Å². The Morgan fingerprint density at radius 2 is 1.87 bits per heavy atom. The van der Waals surface area contributed by atoms with Gasteiger partial charge < -0.3 is 14.5 Å².